The fourth-order valence-corrected chi connectivity index (χ4v) is 3.76. The molecule has 1 fully saturated rings. The van der Waals surface area contributed by atoms with Crippen LogP contribution in [0.3, 0.4) is 0 Å². The number of carbonyl (C=O) groups excluding carboxylic acids is 2. The Morgan fingerprint density at radius 2 is 1.92 bits per heavy atom. The SMILES string of the molecule is O=C(CN1CCN(c2ccccc2F)C1=O)Nc1nc2ccccc2s1. The van der Waals surface area contributed by atoms with Crippen LogP contribution >= 0.6 is 11.3 Å². The van der Waals surface area contributed by atoms with Crippen molar-refractivity contribution in [2.24, 2.45) is 0 Å². The average Bonchev–Trinajstić information content (AvgIpc) is 3.19. The van der Waals surface area contributed by atoms with E-state index in [0.717, 1.165) is 10.2 Å². The van der Waals surface area contributed by atoms with Crippen LogP contribution < -0.4 is 10.2 Å². The molecule has 0 aliphatic carbocycles. The van der Waals surface area contributed by atoms with Gasteiger partial charge >= 0.3 is 6.03 Å². The predicted molar refractivity (Wildman–Crippen MR) is 99.0 cm³/mol. The topological polar surface area (TPSA) is 65.5 Å². The van der Waals surface area contributed by atoms with Crippen molar-refractivity contribution >= 4 is 44.3 Å². The number of benzene rings is 2. The Kier molecular flexibility index (Phi) is 4.26. The first-order valence-electron chi connectivity index (χ1n) is 8.08. The largest absolute Gasteiger partial charge is 0.325 e. The summed E-state index contributed by atoms with van der Waals surface area (Å²) in [5.74, 6) is -0.783. The zero-order chi connectivity index (χ0) is 18.1. The Morgan fingerprint density at radius 1 is 1.15 bits per heavy atom. The van der Waals surface area contributed by atoms with E-state index in [1.54, 1.807) is 18.2 Å². The van der Waals surface area contributed by atoms with E-state index in [4.69, 9.17) is 0 Å². The first-order chi connectivity index (χ1) is 12.6. The maximum atomic E-state index is 13.9. The van der Waals surface area contributed by atoms with Crippen molar-refractivity contribution < 1.29 is 14.0 Å². The number of nitrogens with zero attached hydrogens (tertiary/aromatic N) is 3. The molecule has 1 aliphatic heterocycles. The van der Waals surface area contributed by atoms with Gasteiger partial charge in [0, 0.05) is 13.1 Å². The molecule has 2 aromatic carbocycles. The number of halogens is 1. The Balaban J connectivity index is 1.42. The number of anilines is 2. The summed E-state index contributed by atoms with van der Waals surface area (Å²) in [6.07, 6.45) is 0. The second-order valence-corrected chi connectivity index (χ2v) is 6.87. The molecule has 0 atom stereocenters. The van der Waals surface area contributed by atoms with Gasteiger partial charge in [0.05, 0.1) is 15.9 Å². The van der Waals surface area contributed by atoms with Gasteiger partial charge in [-0.2, -0.15) is 0 Å². The zero-order valence-electron chi connectivity index (χ0n) is 13.7. The maximum absolute atomic E-state index is 13.9. The van der Waals surface area contributed by atoms with Crippen molar-refractivity contribution in [1.29, 1.82) is 0 Å². The van der Waals surface area contributed by atoms with Gasteiger partial charge in [0.1, 0.15) is 12.4 Å². The first-order valence-corrected chi connectivity index (χ1v) is 8.90. The quantitative estimate of drug-likeness (QED) is 0.766. The number of para-hydroxylation sites is 2. The van der Waals surface area contributed by atoms with Crippen LogP contribution in [0.4, 0.5) is 20.0 Å². The number of hydrogen-bond donors (Lipinski definition) is 1. The molecule has 6 nitrogen and oxygen atoms in total. The Hall–Kier alpha value is -3.00. The number of thiazole rings is 1. The monoisotopic (exact) mass is 370 g/mol. The molecule has 1 aromatic heterocycles. The highest BCUT2D eigenvalue weighted by atomic mass is 32.1. The lowest BCUT2D eigenvalue weighted by Gasteiger charge is -2.18. The molecule has 26 heavy (non-hydrogen) atoms. The molecule has 0 spiro atoms. The van der Waals surface area contributed by atoms with E-state index < -0.39 is 5.82 Å². The average molecular weight is 370 g/mol. The molecule has 2 heterocycles. The van der Waals surface area contributed by atoms with Crippen LogP contribution in [0.25, 0.3) is 10.2 Å². The summed E-state index contributed by atoms with van der Waals surface area (Å²) < 4.78 is 14.9. The summed E-state index contributed by atoms with van der Waals surface area (Å²) in [7, 11) is 0. The van der Waals surface area contributed by atoms with Crippen LogP contribution in [0.2, 0.25) is 0 Å². The normalized spacial score (nSPS) is 14.3. The van der Waals surface area contributed by atoms with Gasteiger partial charge in [0.2, 0.25) is 5.91 Å². The van der Waals surface area contributed by atoms with E-state index >= 15 is 0 Å². The Morgan fingerprint density at radius 3 is 2.73 bits per heavy atom. The molecular formula is C18H15FN4O2S. The van der Waals surface area contributed by atoms with Crippen molar-refractivity contribution in [3.8, 4) is 0 Å². The Labute approximate surface area is 152 Å². The molecule has 0 unspecified atom stereocenters. The van der Waals surface area contributed by atoms with E-state index in [0.29, 0.717) is 18.2 Å². The Bertz CT molecular complexity index is 957. The van der Waals surface area contributed by atoms with Crippen molar-refractivity contribution in [2.45, 2.75) is 0 Å². The minimum absolute atomic E-state index is 0.0975. The van der Waals surface area contributed by atoms with E-state index in [1.165, 1.54) is 27.2 Å². The molecule has 1 aliphatic rings. The van der Waals surface area contributed by atoms with Gasteiger partial charge < -0.3 is 10.2 Å². The van der Waals surface area contributed by atoms with Gasteiger partial charge in [-0.05, 0) is 24.3 Å². The molecule has 3 aromatic rings. The highest BCUT2D eigenvalue weighted by molar-refractivity contribution is 7.22. The van der Waals surface area contributed by atoms with Crippen LogP contribution in [-0.4, -0.2) is 41.5 Å². The van der Waals surface area contributed by atoms with Crippen molar-refractivity contribution in [1.82, 2.24) is 9.88 Å². The van der Waals surface area contributed by atoms with E-state index in [2.05, 4.69) is 10.3 Å². The summed E-state index contributed by atoms with van der Waals surface area (Å²) >= 11 is 1.38. The van der Waals surface area contributed by atoms with Gasteiger partial charge in [0.15, 0.2) is 5.13 Å². The second kappa shape index (κ2) is 6.72. The van der Waals surface area contributed by atoms with Gasteiger partial charge in [-0.15, -0.1) is 0 Å². The van der Waals surface area contributed by atoms with Crippen LogP contribution in [0.15, 0.2) is 48.5 Å². The standard InChI is InChI=1S/C18H15FN4O2S/c19-12-5-1-3-7-14(12)23-10-9-22(18(23)25)11-16(24)21-17-20-13-6-2-4-8-15(13)26-17/h1-8H,9-11H2,(H,20,21,24). The molecule has 8 heteroatoms. The lowest BCUT2D eigenvalue weighted by molar-refractivity contribution is -0.116. The lowest BCUT2D eigenvalue weighted by Crippen LogP contribution is -2.37. The maximum Gasteiger partial charge on any atom is 0.325 e. The number of rotatable bonds is 4. The van der Waals surface area contributed by atoms with Crippen LogP contribution in [0.5, 0.6) is 0 Å². The lowest BCUT2D eigenvalue weighted by atomic mass is 10.3. The van der Waals surface area contributed by atoms with E-state index in [1.807, 2.05) is 24.3 Å². The number of aromatic nitrogens is 1. The number of carbonyl (C=O) groups is 2. The first kappa shape index (κ1) is 16.5. The number of nitrogens with one attached hydrogen (secondary N) is 1. The van der Waals surface area contributed by atoms with Crippen molar-refractivity contribution in [2.75, 3.05) is 29.9 Å². The molecular weight excluding hydrogens is 355 g/mol. The summed E-state index contributed by atoms with van der Waals surface area (Å²) in [4.78, 5) is 31.8. The van der Waals surface area contributed by atoms with Crippen LogP contribution in [0.1, 0.15) is 0 Å². The molecule has 4 rings (SSSR count). The predicted octanol–water partition coefficient (Wildman–Crippen LogP) is 3.32. The number of hydrogen-bond acceptors (Lipinski definition) is 4. The minimum atomic E-state index is -0.457. The number of fused-ring (bicyclic) bond motifs is 1. The van der Waals surface area contributed by atoms with Gasteiger partial charge in [-0.3, -0.25) is 9.69 Å². The summed E-state index contributed by atoms with van der Waals surface area (Å²) in [5, 5.41) is 3.22. The summed E-state index contributed by atoms with van der Waals surface area (Å²) in [6.45, 7) is 0.605. The van der Waals surface area contributed by atoms with Crippen molar-refractivity contribution in [3.05, 3.63) is 54.3 Å². The molecule has 3 amide bonds. The molecule has 1 N–H and O–H groups in total. The summed E-state index contributed by atoms with van der Waals surface area (Å²) in [6, 6.07) is 13.3. The minimum Gasteiger partial charge on any atom is -0.313 e. The van der Waals surface area contributed by atoms with Crippen LogP contribution in [0, 0.1) is 5.82 Å². The summed E-state index contributed by atoms with van der Waals surface area (Å²) in [5.41, 5.74) is 1.04. The molecule has 0 saturated carbocycles. The smallest absolute Gasteiger partial charge is 0.313 e. The zero-order valence-corrected chi connectivity index (χ0v) is 14.5. The van der Waals surface area contributed by atoms with Gasteiger partial charge in [-0.1, -0.05) is 35.6 Å². The second-order valence-electron chi connectivity index (χ2n) is 5.84. The van der Waals surface area contributed by atoms with Crippen LogP contribution in [-0.2, 0) is 4.79 Å². The fraction of sp³-hybridized carbons (Fsp3) is 0.167. The highest BCUT2D eigenvalue weighted by Gasteiger charge is 2.32. The molecule has 0 bridgehead atoms. The number of urea groups is 1. The fourth-order valence-electron chi connectivity index (χ4n) is 2.88. The third-order valence-corrected chi connectivity index (χ3v) is 5.06. The third kappa shape index (κ3) is 3.11. The molecule has 1 saturated heterocycles. The third-order valence-electron chi connectivity index (χ3n) is 4.11. The molecule has 0 radical (unpaired) electrons. The molecule has 132 valence electrons. The van der Waals surface area contributed by atoms with Gasteiger partial charge in [0.25, 0.3) is 0 Å². The van der Waals surface area contributed by atoms with Crippen molar-refractivity contribution in [3.63, 3.8) is 0 Å². The number of amides is 3. The van der Waals surface area contributed by atoms with E-state index in [9.17, 15) is 14.0 Å². The highest BCUT2D eigenvalue weighted by Crippen LogP contribution is 2.26. The van der Waals surface area contributed by atoms with Gasteiger partial charge in [-0.25, -0.2) is 14.2 Å². The van der Waals surface area contributed by atoms with E-state index in [-0.39, 0.29) is 24.2 Å².